The Morgan fingerprint density at radius 3 is 2.00 bits per heavy atom. The average molecular weight is 379 g/mol. The maximum atomic E-state index is 6.19. The van der Waals surface area contributed by atoms with Crippen LogP contribution in [0.4, 0.5) is 0 Å². The molecule has 0 spiro atoms. The first-order valence-corrected chi connectivity index (χ1v) is 11.5. The Morgan fingerprint density at radius 1 is 0.889 bits per heavy atom. The topological polar surface area (TPSA) is 21.6 Å². The van der Waals surface area contributed by atoms with Crippen LogP contribution in [0.25, 0.3) is 0 Å². The van der Waals surface area contributed by atoms with Crippen molar-refractivity contribution in [1.82, 2.24) is 0 Å². The van der Waals surface area contributed by atoms with Crippen LogP contribution in [0.15, 0.2) is 65.7 Å². The minimum absolute atomic E-state index is 0.166. The zero-order valence-electron chi connectivity index (χ0n) is 16.6. The van der Waals surface area contributed by atoms with Gasteiger partial charge < -0.3 is 4.74 Å². The summed E-state index contributed by atoms with van der Waals surface area (Å²) in [6.07, 6.45) is 3.75. The maximum Gasteiger partial charge on any atom is 0.187 e. The van der Waals surface area contributed by atoms with Crippen LogP contribution >= 0.6 is 7.92 Å². The average Bonchev–Trinajstić information content (AvgIpc) is 3.33. The van der Waals surface area contributed by atoms with Crippen molar-refractivity contribution in [2.75, 3.05) is 6.61 Å². The zero-order valence-corrected chi connectivity index (χ0v) is 17.5. The second kappa shape index (κ2) is 7.76. The molecule has 3 atom stereocenters. The highest BCUT2D eigenvalue weighted by atomic mass is 31.1. The summed E-state index contributed by atoms with van der Waals surface area (Å²) in [6.45, 7) is 7.54. The van der Waals surface area contributed by atoms with Gasteiger partial charge in [0.2, 0.25) is 0 Å². The van der Waals surface area contributed by atoms with Crippen molar-refractivity contribution in [3.63, 3.8) is 0 Å². The molecule has 1 heterocycles. The Hall–Kier alpha value is -1.66. The normalized spacial score (nSPS) is 25.5. The second-order valence-electron chi connectivity index (χ2n) is 8.81. The number of benzene rings is 2. The van der Waals surface area contributed by atoms with Gasteiger partial charge in [0.15, 0.2) is 5.90 Å². The van der Waals surface area contributed by atoms with Crippen molar-refractivity contribution in [2.24, 2.45) is 16.3 Å². The van der Waals surface area contributed by atoms with Crippen LogP contribution in [0.2, 0.25) is 0 Å². The van der Waals surface area contributed by atoms with Gasteiger partial charge in [-0.2, -0.15) is 0 Å². The lowest BCUT2D eigenvalue weighted by Gasteiger charge is -2.29. The van der Waals surface area contributed by atoms with Gasteiger partial charge in [0.05, 0.1) is 6.04 Å². The molecule has 27 heavy (non-hydrogen) atoms. The van der Waals surface area contributed by atoms with Crippen molar-refractivity contribution >= 4 is 24.4 Å². The van der Waals surface area contributed by atoms with E-state index in [9.17, 15) is 0 Å². The van der Waals surface area contributed by atoms with E-state index in [1.165, 1.54) is 29.9 Å². The van der Waals surface area contributed by atoms with E-state index in [4.69, 9.17) is 9.73 Å². The molecule has 1 saturated carbocycles. The zero-order chi connectivity index (χ0) is 18.9. The van der Waals surface area contributed by atoms with Crippen LogP contribution in [0.5, 0.6) is 0 Å². The molecule has 2 aliphatic rings. The van der Waals surface area contributed by atoms with E-state index >= 15 is 0 Å². The van der Waals surface area contributed by atoms with E-state index < -0.39 is 7.92 Å². The third-order valence-corrected chi connectivity index (χ3v) is 8.86. The number of hydrogen-bond donors (Lipinski definition) is 0. The molecule has 2 nitrogen and oxygen atoms in total. The fraction of sp³-hybridized carbons (Fsp3) is 0.458. The van der Waals surface area contributed by atoms with Crippen LogP contribution < -0.4 is 10.6 Å². The molecule has 4 rings (SSSR count). The monoisotopic (exact) mass is 379 g/mol. The fourth-order valence-electron chi connectivity index (χ4n) is 4.29. The van der Waals surface area contributed by atoms with Crippen molar-refractivity contribution < 1.29 is 4.74 Å². The van der Waals surface area contributed by atoms with Gasteiger partial charge in [-0.15, -0.1) is 0 Å². The molecule has 2 aromatic carbocycles. The lowest BCUT2D eigenvalue weighted by atomic mass is 9.88. The highest BCUT2D eigenvalue weighted by Crippen LogP contribution is 2.51. The van der Waals surface area contributed by atoms with Crippen molar-refractivity contribution in [1.29, 1.82) is 0 Å². The molecule has 1 unspecified atom stereocenters. The first kappa shape index (κ1) is 18.7. The molecule has 0 aromatic heterocycles. The largest absolute Gasteiger partial charge is 0.478 e. The summed E-state index contributed by atoms with van der Waals surface area (Å²) in [4.78, 5) is 5.07. The summed E-state index contributed by atoms with van der Waals surface area (Å²) in [5, 5.41) is 2.95. The van der Waals surface area contributed by atoms with Crippen LogP contribution in [0.3, 0.4) is 0 Å². The van der Waals surface area contributed by atoms with E-state index in [1.54, 1.807) is 0 Å². The van der Waals surface area contributed by atoms with E-state index in [0.717, 1.165) is 12.5 Å². The highest BCUT2D eigenvalue weighted by Gasteiger charge is 2.42. The lowest BCUT2D eigenvalue weighted by Crippen LogP contribution is -2.29. The van der Waals surface area contributed by atoms with Crippen molar-refractivity contribution in [2.45, 2.75) is 51.7 Å². The van der Waals surface area contributed by atoms with Gasteiger partial charge in [-0.25, -0.2) is 4.99 Å². The van der Waals surface area contributed by atoms with E-state index in [-0.39, 0.29) is 11.5 Å². The fourth-order valence-corrected chi connectivity index (χ4v) is 7.41. The van der Waals surface area contributed by atoms with Crippen LogP contribution in [0, 0.1) is 11.3 Å². The number of aliphatic imine (C=N–C) groups is 1. The van der Waals surface area contributed by atoms with Gasteiger partial charge in [-0.05, 0) is 42.4 Å². The molecule has 1 fully saturated rings. The summed E-state index contributed by atoms with van der Waals surface area (Å²) in [5.41, 5.74) is 0.779. The summed E-state index contributed by atoms with van der Waals surface area (Å²) in [5.74, 6) is 1.50. The number of ether oxygens (including phenoxy) is 1. The van der Waals surface area contributed by atoms with Gasteiger partial charge in [-0.3, -0.25) is 0 Å². The summed E-state index contributed by atoms with van der Waals surface area (Å²) in [6, 6.07) is 22.5. The number of rotatable bonds is 4. The Morgan fingerprint density at radius 2 is 1.48 bits per heavy atom. The first-order valence-electron chi connectivity index (χ1n) is 10.1. The quantitative estimate of drug-likeness (QED) is 0.675. The van der Waals surface area contributed by atoms with Crippen LogP contribution in [0.1, 0.15) is 40.0 Å². The Bertz CT molecular complexity index is 742. The van der Waals surface area contributed by atoms with Gasteiger partial charge in [0.25, 0.3) is 0 Å². The Labute approximate surface area is 164 Å². The van der Waals surface area contributed by atoms with Crippen molar-refractivity contribution in [3.8, 4) is 0 Å². The minimum Gasteiger partial charge on any atom is -0.478 e. The third-order valence-electron chi connectivity index (χ3n) is 5.87. The molecule has 0 amide bonds. The van der Waals surface area contributed by atoms with E-state index in [2.05, 4.69) is 81.4 Å². The molecule has 1 aliphatic heterocycles. The first-order chi connectivity index (χ1) is 13.0. The summed E-state index contributed by atoms with van der Waals surface area (Å²) in [7, 11) is -0.411. The molecule has 0 bridgehead atoms. The van der Waals surface area contributed by atoms with Gasteiger partial charge >= 0.3 is 0 Å². The number of hydrogen-bond acceptors (Lipinski definition) is 2. The smallest absolute Gasteiger partial charge is 0.187 e. The molecule has 142 valence electrons. The molecule has 1 aliphatic carbocycles. The minimum atomic E-state index is -0.411. The van der Waals surface area contributed by atoms with Crippen LogP contribution in [-0.2, 0) is 4.74 Å². The van der Waals surface area contributed by atoms with Gasteiger partial charge in [-0.1, -0.05) is 87.9 Å². The lowest BCUT2D eigenvalue weighted by molar-refractivity contribution is 0.229. The SMILES string of the molecule is CC(C)(C)[C@H]1COC([C@H]2CCCC2P(c2ccccc2)c2ccccc2)=N1. The third kappa shape index (κ3) is 3.97. The maximum absolute atomic E-state index is 6.19. The predicted octanol–water partition coefficient (Wildman–Crippen LogP) is 5.13. The van der Waals surface area contributed by atoms with E-state index in [1.807, 2.05) is 0 Å². The molecule has 2 aromatic rings. The predicted molar refractivity (Wildman–Crippen MR) is 117 cm³/mol. The van der Waals surface area contributed by atoms with Crippen molar-refractivity contribution in [3.05, 3.63) is 60.7 Å². The molecule has 0 N–H and O–H groups in total. The number of nitrogens with zero attached hydrogens (tertiary/aromatic N) is 1. The van der Waals surface area contributed by atoms with Gasteiger partial charge in [0, 0.05) is 5.92 Å². The van der Waals surface area contributed by atoms with Crippen LogP contribution in [-0.4, -0.2) is 24.2 Å². The highest BCUT2D eigenvalue weighted by molar-refractivity contribution is 7.73. The Kier molecular flexibility index (Phi) is 5.37. The second-order valence-corrected chi connectivity index (χ2v) is 11.2. The molecular weight excluding hydrogens is 349 g/mol. The summed E-state index contributed by atoms with van der Waals surface area (Å²) < 4.78 is 6.19. The van der Waals surface area contributed by atoms with E-state index in [0.29, 0.717) is 11.6 Å². The summed E-state index contributed by atoms with van der Waals surface area (Å²) >= 11 is 0. The standard InChI is InChI=1S/C24H30NOP/c1-24(2,3)22-17-26-23(25-22)20-15-10-16-21(20)27(18-11-6-4-7-12-18)19-13-8-5-9-14-19/h4-9,11-14,20-22H,10,15-17H2,1-3H3/t20-,21?,22+/m0/s1. The van der Waals surface area contributed by atoms with Gasteiger partial charge in [0.1, 0.15) is 6.61 Å². The Balaban J connectivity index is 1.68. The molecule has 0 radical (unpaired) electrons. The molecule has 3 heteroatoms. The molecule has 0 saturated heterocycles. The molecular formula is C24H30NOP.